The Labute approximate surface area is 122 Å². The molecule has 1 aromatic rings. The van der Waals surface area contributed by atoms with Gasteiger partial charge < -0.3 is 5.11 Å². The van der Waals surface area contributed by atoms with Crippen LogP contribution in [0.15, 0.2) is 24.4 Å². The molecule has 2 heterocycles. The number of aryl methyl sites for hydroxylation is 1. The lowest BCUT2D eigenvalue weighted by Gasteiger charge is -2.24. The molecule has 1 saturated heterocycles. The lowest BCUT2D eigenvalue weighted by Crippen LogP contribution is -2.45. The highest BCUT2D eigenvalue weighted by Crippen LogP contribution is 2.31. The summed E-state index contributed by atoms with van der Waals surface area (Å²) in [7, 11) is -3.61. The number of carboxylic acids is 1. The van der Waals surface area contributed by atoms with Crippen LogP contribution in [-0.2, 0) is 21.2 Å². The van der Waals surface area contributed by atoms with Crippen molar-refractivity contribution in [3.05, 3.63) is 30.1 Å². The number of sulfonamides is 1. The van der Waals surface area contributed by atoms with Gasteiger partial charge in [-0.25, -0.2) is 8.42 Å². The van der Waals surface area contributed by atoms with Crippen LogP contribution < -0.4 is 0 Å². The Morgan fingerprint density at radius 2 is 2.30 bits per heavy atom. The first-order valence-corrected chi connectivity index (χ1v) is 8.83. The maximum absolute atomic E-state index is 12.4. The van der Waals surface area contributed by atoms with Gasteiger partial charge in [-0.1, -0.05) is 6.07 Å². The minimum absolute atomic E-state index is 0.126. The first kappa shape index (κ1) is 15.3. The second-order valence-corrected chi connectivity index (χ2v) is 7.85. The number of rotatable bonds is 5. The van der Waals surface area contributed by atoms with Crippen molar-refractivity contribution in [2.45, 2.75) is 24.8 Å². The van der Waals surface area contributed by atoms with Crippen molar-refractivity contribution in [3.63, 3.8) is 0 Å². The summed E-state index contributed by atoms with van der Waals surface area (Å²) in [5.41, 5.74) is 0.683. The van der Waals surface area contributed by atoms with Crippen LogP contribution in [0.5, 0.6) is 0 Å². The van der Waals surface area contributed by atoms with Gasteiger partial charge in [-0.15, -0.1) is 11.8 Å². The molecule has 0 aliphatic carbocycles. The molecule has 0 spiro atoms. The molecule has 1 aliphatic rings. The number of carbonyl (C=O) groups is 1. The molecular weight excluding hydrogens is 300 g/mol. The minimum Gasteiger partial charge on any atom is -0.480 e. The van der Waals surface area contributed by atoms with E-state index >= 15 is 0 Å². The molecule has 0 saturated carbocycles. The predicted molar refractivity (Wildman–Crippen MR) is 76.9 cm³/mol. The van der Waals surface area contributed by atoms with Crippen molar-refractivity contribution in [2.75, 3.05) is 11.5 Å². The third-order valence-electron chi connectivity index (χ3n) is 3.11. The normalized spacial score (nSPS) is 23.9. The second-order valence-electron chi connectivity index (χ2n) is 4.50. The molecule has 0 radical (unpaired) electrons. The zero-order valence-electron chi connectivity index (χ0n) is 11.0. The van der Waals surface area contributed by atoms with Crippen molar-refractivity contribution >= 4 is 27.8 Å². The Balaban J connectivity index is 2.11. The van der Waals surface area contributed by atoms with Gasteiger partial charge in [-0.2, -0.15) is 4.31 Å². The van der Waals surface area contributed by atoms with E-state index in [1.54, 1.807) is 31.3 Å². The summed E-state index contributed by atoms with van der Waals surface area (Å²) < 4.78 is 25.8. The first-order valence-electron chi connectivity index (χ1n) is 6.17. The molecule has 1 aliphatic heterocycles. The largest absolute Gasteiger partial charge is 0.480 e. The van der Waals surface area contributed by atoms with E-state index in [1.165, 1.54) is 11.8 Å². The molecule has 0 amide bonds. The molecule has 1 fully saturated rings. The lowest BCUT2D eigenvalue weighted by molar-refractivity contribution is -0.140. The molecule has 2 rings (SSSR count). The molecule has 8 heteroatoms. The Morgan fingerprint density at radius 3 is 2.90 bits per heavy atom. The van der Waals surface area contributed by atoms with Gasteiger partial charge in [0.05, 0.1) is 11.1 Å². The van der Waals surface area contributed by atoms with Crippen LogP contribution in [0.4, 0.5) is 0 Å². The van der Waals surface area contributed by atoms with E-state index in [2.05, 4.69) is 4.98 Å². The molecule has 1 aromatic heterocycles. The molecule has 6 nitrogen and oxygen atoms in total. The first-order chi connectivity index (χ1) is 9.42. The predicted octanol–water partition coefficient (Wildman–Crippen LogP) is 0.802. The van der Waals surface area contributed by atoms with Crippen LogP contribution in [0, 0.1) is 0 Å². The van der Waals surface area contributed by atoms with Crippen molar-refractivity contribution < 1.29 is 18.3 Å². The number of aliphatic carboxylic acids is 1. The second kappa shape index (κ2) is 6.11. The molecule has 0 bridgehead atoms. The maximum atomic E-state index is 12.4. The summed E-state index contributed by atoms with van der Waals surface area (Å²) >= 11 is 1.34. The number of carboxylic acid groups (broad SMARTS) is 1. The van der Waals surface area contributed by atoms with E-state index in [4.69, 9.17) is 5.11 Å². The molecule has 20 heavy (non-hydrogen) atoms. The lowest BCUT2D eigenvalue weighted by atomic mass is 10.3. The number of thioether (sulfide) groups is 1. The fourth-order valence-corrected chi connectivity index (χ4v) is 5.53. The van der Waals surface area contributed by atoms with Crippen molar-refractivity contribution in [2.24, 2.45) is 0 Å². The summed E-state index contributed by atoms with van der Waals surface area (Å²) in [5, 5.41) is 8.78. The average Bonchev–Trinajstić information content (AvgIpc) is 2.81. The third-order valence-corrected chi connectivity index (χ3v) is 6.39. The fraction of sp³-hybridized carbons (Fsp3) is 0.500. The van der Waals surface area contributed by atoms with Crippen LogP contribution >= 0.6 is 11.8 Å². The van der Waals surface area contributed by atoms with Crippen LogP contribution in [-0.4, -0.2) is 51.7 Å². The van der Waals surface area contributed by atoms with Gasteiger partial charge in [-0.3, -0.25) is 9.78 Å². The number of hydrogen-bond donors (Lipinski definition) is 1. The van der Waals surface area contributed by atoms with Crippen LogP contribution in [0.3, 0.4) is 0 Å². The molecule has 1 N–H and O–H groups in total. The van der Waals surface area contributed by atoms with E-state index in [1.807, 2.05) is 0 Å². The van der Waals surface area contributed by atoms with Gasteiger partial charge in [0.2, 0.25) is 10.0 Å². The van der Waals surface area contributed by atoms with Gasteiger partial charge in [0.25, 0.3) is 0 Å². The zero-order valence-corrected chi connectivity index (χ0v) is 12.6. The molecule has 2 unspecified atom stereocenters. The van der Waals surface area contributed by atoms with Gasteiger partial charge in [0, 0.05) is 24.1 Å². The van der Waals surface area contributed by atoms with Crippen LogP contribution in [0.1, 0.15) is 12.6 Å². The summed E-state index contributed by atoms with van der Waals surface area (Å²) in [6.07, 6.45) is 1.89. The van der Waals surface area contributed by atoms with Gasteiger partial charge >= 0.3 is 5.97 Å². The van der Waals surface area contributed by atoms with E-state index < -0.39 is 22.0 Å². The molecule has 110 valence electrons. The van der Waals surface area contributed by atoms with E-state index in [-0.39, 0.29) is 17.5 Å². The van der Waals surface area contributed by atoms with E-state index in [0.717, 1.165) is 4.31 Å². The van der Waals surface area contributed by atoms with Gasteiger partial charge in [-0.05, 0) is 19.1 Å². The molecule has 2 atom stereocenters. The highest BCUT2D eigenvalue weighted by molar-refractivity contribution is 8.01. The number of pyridine rings is 1. The summed E-state index contributed by atoms with van der Waals surface area (Å²) in [6.45, 7) is 1.71. The summed E-state index contributed by atoms with van der Waals surface area (Å²) in [4.78, 5) is 15.2. The fourth-order valence-electron chi connectivity index (χ4n) is 2.12. The highest BCUT2D eigenvalue weighted by atomic mass is 32.2. The summed E-state index contributed by atoms with van der Waals surface area (Å²) in [5.74, 6) is -0.930. The Kier molecular flexibility index (Phi) is 4.66. The zero-order chi connectivity index (χ0) is 14.8. The SMILES string of the molecule is CC1SCC(C(=O)O)N1S(=O)(=O)CCc1ccccn1. The molecular formula is C12H16N2O4S2. The van der Waals surface area contributed by atoms with Crippen LogP contribution in [0.2, 0.25) is 0 Å². The topological polar surface area (TPSA) is 87.6 Å². The maximum Gasteiger partial charge on any atom is 0.322 e. The smallest absolute Gasteiger partial charge is 0.322 e. The minimum atomic E-state index is -3.61. The van der Waals surface area contributed by atoms with E-state index in [9.17, 15) is 13.2 Å². The standard InChI is InChI=1S/C12H16N2O4S2/c1-9-14(11(8-19-9)12(15)16)20(17,18)7-5-10-4-2-3-6-13-10/h2-4,6,9,11H,5,7-8H2,1H3,(H,15,16). The van der Waals surface area contributed by atoms with Crippen LogP contribution in [0.25, 0.3) is 0 Å². The highest BCUT2D eigenvalue weighted by Gasteiger charge is 2.43. The third kappa shape index (κ3) is 3.31. The number of aromatic nitrogens is 1. The average molecular weight is 316 g/mol. The van der Waals surface area contributed by atoms with Crippen molar-refractivity contribution in [1.29, 1.82) is 0 Å². The number of hydrogen-bond acceptors (Lipinski definition) is 5. The van der Waals surface area contributed by atoms with Crippen molar-refractivity contribution in [3.8, 4) is 0 Å². The Hall–Kier alpha value is -1.12. The van der Waals surface area contributed by atoms with E-state index in [0.29, 0.717) is 11.4 Å². The Bertz CT molecular complexity index is 576. The summed E-state index contributed by atoms with van der Waals surface area (Å²) in [6, 6.07) is 4.34. The van der Waals surface area contributed by atoms with Crippen molar-refractivity contribution in [1.82, 2.24) is 9.29 Å². The Morgan fingerprint density at radius 1 is 1.55 bits per heavy atom. The quantitative estimate of drug-likeness (QED) is 0.864. The van der Waals surface area contributed by atoms with Gasteiger partial charge in [0.15, 0.2) is 0 Å². The monoisotopic (exact) mass is 316 g/mol. The number of nitrogens with zero attached hydrogens (tertiary/aromatic N) is 2. The van der Waals surface area contributed by atoms with Gasteiger partial charge in [0.1, 0.15) is 6.04 Å². The molecule has 0 aromatic carbocycles.